The molecule has 0 saturated carbocycles. The van der Waals surface area contributed by atoms with Crippen molar-refractivity contribution in [1.82, 2.24) is 19.7 Å². The summed E-state index contributed by atoms with van der Waals surface area (Å²) in [4.78, 5) is 26.0. The highest BCUT2D eigenvalue weighted by Crippen LogP contribution is 2.32. The molecule has 1 aromatic rings. The zero-order valence-corrected chi connectivity index (χ0v) is 12.3. The summed E-state index contributed by atoms with van der Waals surface area (Å²) in [7, 11) is 3.47. The Labute approximate surface area is 123 Å². The molecule has 0 N–H and O–H groups in total. The van der Waals surface area contributed by atoms with E-state index >= 15 is 0 Å². The molecule has 3 heterocycles. The molecule has 112 valence electrons. The fourth-order valence-electron chi connectivity index (χ4n) is 2.96. The number of aryl methyl sites for hydroxylation is 1. The van der Waals surface area contributed by atoms with Crippen molar-refractivity contribution < 1.29 is 9.59 Å². The molecule has 2 aliphatic rings. The molecule has 1 fully saturated rings. The Bertz CT molecular complexity index is 606. The van der Waals surface area contributed by atoms with Crippen LogP contribution in [0.1, 0.15) is 37.3 Å². The number of rotatable bonds is 2. The van der Waals surface area contributed by atoms with Crippen LogP contribution in [0, 0.1) is 0 Å². The topological polar surface area (TPSA) is 70.8 Å². The number of carbonyl (C=O) groups excluding carboxylic acids is 2. The maximum Gasteiger partial charge on any atom is 0.270 e. The number of hydrazone groups is 1. The molecule has 2 amide bonds. The van der Waals surface area contributed by atoms with Crippen molar-refractivity contribution in [2.45, 2.75) is 31.7 Å². The molecule has 0 aliphatic carbocycles. The summed E-state index contributed by atoms with van der Waals surface area (Å²) in [5, 5.41) is 9.58. The van der Waals surface area contributed by atoms with E-state index in [0.29, 0.717) is 18.6 Å². The zero-order valence-electron chi connectivity index (χ0n) is 12.3. The minimum Gasteiger partial charge on any atom is -0.330 e. The normalized spacial score (nSPS) is 22.7. The molecule has 2 aliphatic heterocycles. The second-order valence-electron chi connectivity index (χ2n) is 5.57. The number of likely N-dealkylation sites (tertiary alicyclic amines) is 1. The van der Waals surface area contributed by atoms with Crippen molar-refractivity contribution in [1.29, 1.82) is 0 Å². The number of carbonyl (C=O) groups is 2. The summed E-state index contributed by atoms with van der Waals surface area (Å²) in [5.41, 5.74) is 1.54. The Balaban J connectivity index is 1.80. The van der Waals surface area contributed by atoms with Gasteiger partial charge in [0.2, 0.25) is 5.91 Å². The van der Waals surface area contributed by atoms with Crippen molar-refractivity contribution >= 4 is 17.5 Å². The summed E-state index contributed by atoms with van der Waals surface area (Å²) in [6.45, 7) is 0.731. The van der Waals surface area contributed by atoms with Crippen molar-refractivity contribution in [3.63, 3.8) is 0 Å². The van der Waals surface area contributed by atoms with E-state index in [0.717, 1.165) is 24.9 Å². The average Bonchev–Trinajstić information content (AvgIpc) is 3.09. The van der Waals surface area contributed by atoms with E-state index in [4.69, 9.17) is 0 Å². The molecule has 0 spiro atoms. The molecule has 0 bridgehead atoms. The summed E-state index contributed by atoms with van der Waals surface area (Å²) < 4.78 is 1.75. The molecule has 0 radical (unpaired) electrons. The predicted octanol–water partition coefficient (Wildman–Crippen LogP) is 0.692. The van der Waals surface area contributed by atoms with Gasteiger partial charge in [-0.25, -0.2) is 5.01 Å². The van der Waals surface area contributed by atoms with E-state index in [1.165, 1.54) is 5.01 Å². The summed E-state index contributed by atoms with van der Waals surface area (Å²) >= 11 is 0. The summed E-state index contributed by atoms with van der Waals surface area (Å²) in [5.74, 6) is -0.0996. The van der Waals surface area contributed by atoms with E-state index in [2.05, 4.69) is 10.2 Å². The molecule has 0 unspecified atom stereocenters. The highest BCUT2D eigenvalue weighted by atomic mass is 16.2. The van der Waals surface area contributed by atoms with Gasteiger partial charge in [0.05, 0.1) is 12.2 Å². The van der Waals surface area contributed by atoms with Gasteiger partial charge >= 0.3 is 0 Å². The molecule has 1 atom stereocenters. The molecular weight excluding hydrogens is 270 g/mol. The molecule has 1 aromatic heterocycles. The SMILES string of the molecule is CN1N=C(C(=O)N2CCC[C@H]2c2cnn(C)c2)CCC1=O. The van der Waals surface area contributed by atoms with Gasteiger partial charge < -0.3 is 4.90 Å². The van der Waals surface area contributed by atoms with Gasteiger partial charge in [0.15, 0.2) is 0 Å². The first-order valence-electron chi connectivity index (χ1n) is 7.20. The Morgan fingerprint density at radius 3 is 2.81 bits per heavy atom. The Kier molecular flexibility index (Phi) is 3.48. The zero-order chi connectivity index (χ0) is 15.0. The van der Waals surface area contributed by atoms with E-state index < -0.39 is 0 Å². The standard InChI is InChI=1S/C14H19N5O2/c1-17-9-10(8-15-17)12-4-3-7-19(12)14(21)11-5-6-13(20)18(2)16-11/h8-9,12H,3-7H2,1-2H3/t12-/m0/s1. The average molecular weight is 289 g/mol. The lowest BCUT2D eigenvalue weighted by Crippen LogP contribution is -2.40. The minimum absolute atomic E-state index is 0.0446. The summed E-state index contributed by atoms with van der Waals surface area (Å²) in [6, 6.07) is 0.0665. The van der Waals surface area contributed by atoms with Gasteiger partial charge in [-0.3, -0.25) is 14.3 Å². The van der Waals surface area contributed by atoms with Gasteiger partial charge in [-0.15, -0.1) is 0 Å². The third kappa shape index (κ3) is 2.55. The lowest BCUT2D eigenvalue weighted by molar-refractivity contribution is -0.130. The van der Waals surface area contributed by atoms with Crippen molar-refractivity contribution in [3.05, 3.63) is 18.0 Å². The number of aromatic nitrogens is 2. The van der Waals surface area contributed by atoms with Crippen LogP contribution in [-0.4, -0.2) is 50.8 Å². The molecule has 7 nitrogen and oxygen atoms in total. The minimum atomic E-state index is -0.0549. The predicted molar refractivity (Wildman–Crippen MR) is 76.3 cm³/mol. The van der Waals surface area contributed by atoms with Gasteiger partial charge in [-0.1, -0.05) is 0 Å². The van der Waals surface area contributed by atoms with E-state index in [1.807, 2.05) is 24.3 Å². The third-order valence-electron chi connectivity index (χ3n) is 4.08. The monoisotopic (exact) mass is 289 g/mol. The molecule has 3 rings (SSSR count). The summed E-state index contributed by atoms with van der Waals surface area (Å²) in [6.07, 6.45) is 6.47. The molecular formula is C14H19N5O2. The molecule has 21 heavy (non-hydrogen) atoms. The second-order valence-corrected chi connectivity index (χ2v) is 5.57. The van der Waals surface area contributed by atoms with Crippen LogP contribution in [0.25, 0.3) is 0 Å². The number of nitrogens with zero attached hydrogens (tertiary/aromatic N) is 5. The van der Waals surface area contributed by atoms with Crippen LogP contribution in [0.4, 0.5) is 0 Å². The van der Waals surface area contributed by atoms with E-state index in [-0.39, 0.29) is 17.9 Å². The van der Waals surface area contributed by atoms with Crippen LogP contribution in [-0.2, 0) is 16.6 Å². The molecule has 0 aromatic carbocycles. The fraction of sp³-hybridized carbons (Fsp3) is 0.571. The van der Waals surface area contributed by atoms with Gasteiger partial charge in [0.25, 0.3) is 5.91 Å². The van der Waals surface area contributed by atoms with Crippen LogP contribution in [0.2, 0.25) is 0 Å². The maximum absolute atomic E-state index is 12.7. The van der Waals surface area contributed by atoms with Crippen LogP contribution >= 0.6 is 0 Å². The van der Waals surface area contributed by atoms with Crippen LogP contribution in [0.15, 0.2) is 17.5 Å². The lowest BCUT2D eigenvalue weighted by atomic mass is 10.1. The van der Waals surface area contributed by atoms with Gasteiger partial charge in [0, 0.05) is 45.2 Å². The third-order valence-corrected chi connectivity index (χ3v) is 4.08. The number of hydrogen-bond acceptors (Lipinski definition) is 4. The second kappa shape index (κ2) is 5.31. The smallest absolute Gasteiger partial charge is 0.270 e. The van der Waals surface area contributed by atoms with Crippen LogP contribution in [0.5, 0.6) is 0 Å². The lowest BCUT2D eigenvalue weighted by Gasteiger charge is -2.27. The highest BCUT2D eigenvalue weighted by molar-refractivity contribution is 6.39. The number of hydrogen-bond donors (Lipinski definition) is 0. The largest absolute Gasteiger partial charge is 0.330 e. The first-order valence-corrected chi connectivity index (χ1v) is 7.20. The van der Waals surface area contributed by atoms with Crippen LogP contribution < -0.4 is 0 Å². The van der Waals surface area contributed by atoms with Gasteiger partial charge in [-0.2, -0.15) is 10.2 Å². The fourth-order valence-corrected chi connectivity index (χ4v) is 2.96. The Morgan fingerprint density at radius 1 is 1.33 bits per heavy atom. The quantitative estimate of drug-likeness (QED) is 0.804. The first-order chi connectivity index (χ1) is 10.1. The van der Waals surface area contributed by atoms with Crippen molar-refractivity contribution in [2.24, 2.45) is 12.1 Å². The highest BCUT2D eigenvalue weighted by Gasteiger charge is 2.34. The molecule has 7 heteroatoms. The van der Waals surface area contributed by atoms with Crippen LogP contribution in [0.3, 0.4) is 0 Å². The van der Waals surface area contributed by atoms with Gasteiger partial charge in [-0.05, 0) is 12.8 Å². The Hall–Kier alpha value is -2.18. The first kappa shape index (κ1) is 13.8. The Morgan fingerprint density at radius 2 is 2.14 bits per heavy atom. The molecule has 1 saturated heterocycles. The van der Waals surface area contributed by atoms with E-state index in [1.54, 1.807) is 11.7 Å². The van der Waals surface area contributed by atoms with E-state index in [9.17, 15) is 9.59 Å². The van der Waals surface area contributed by atoms with Crippen molar-refractivity contribution in [2.75, 3.05) is 13.6 Å². The van der Waals surface area contributed by atoms with Gasteiger partial charge in [0.1, 0.15) is 5.71 Å². The van der Waals surface area contributed by atoms with Crippen molar-refractivity contribution in [3.8, 4) is 0 Å². The number of amides is 2. The maximum atomic E-state index is 12.7.